The second kappa shape index (κ2) is 5.05. The maximum absolute atomic E-state index is 6.24. The molecule has 1 aliphatic carbocycles. The molecule has 0 fully saturated rings. The first-order valence-electron chi connectivity index (χ1n) is 7.20. The summed E-state index contributed by atoms with van der Waals surface area (Å²) in [6.07, 6.45) is 4.06. The number of rotatable bonds is 2. The van der Waals surface area contributed by atoms with E-state index in [-0.39, 0.29) is 0 Å². The molecule has 1 atom stereocenters. The highest BCUT2D eigenvalue weighted by Crippen LogP contribution is 2.36. The predicted octanol–water partition coefficient (Wildman–Crippen LogP) is 4.99. The molecule has 3 aromatic rings. The van der Waals surface area contributed by atoms with Crippen molar-refractivity contribution in [2.75, 3.05) is 5.32 Å². The number of aryl methyl sites for hydroxylation is 1. The predicted molar refractivity (Wildman–Crippen MR) is 87.9 cm³/mol. The van der Waals surface area contributed by atoms with Crippen LogP contribution < -0.4 is 5.32 Å². The van der Waals surface area contributed by atoms with Crippen molar-refractivity contribution in [3.8, 4) is 0 Å². The maximum Gasteiger partial charge on any atom is 0.0934 e. The van der Waals surface area contributed by atoms with Crippen LogP contribution in [0, 0.1) is 0 Å². The van der Waals surface area contributed by atoms with Gasteiger partial charge in [0.2, 0.25) is 0 Å². The molecule has 1 unspecified atom stereocenters. The Balaban J connectivity index is 1.76. The Hall–Kier alpha value is -2.06. The summed E-state index contributed by atoms with van der Waals surface area (Å²) in [5.74, 6) is 0. The van der Waals surface area contributed by atoms with Crippen molar-refractivity contribution in [2.45, 2.75) is 18.9 Å². The zero-order chi connectivity index (χ0) is 14.2. The summed E-state index contributed by atoms with van der Waals surface area (Å²) >= 11 is 6.24. The highest BCUT2D eigenvalue weighted by molar-refractivity contribution is 6.31. The van der Waals surface area contributed by atoms with Crippen molar-refractivity contribution in [3.05, 3.63) is 70.9 Å². The zero-order valence-corrected chi connectivity index (χ0v) is 12.3. The maximum atomic E-state index is 6.24. The van der Waals surface area contributed by atoms with E-state index in [0.29, 0.717) is 6.04 Å². The SMILES string of the molecule is Clc1cc(NC2CCc3ccccc32)c2ncccc2c1. The van der Waals surface area contributed by atoms with E-state index in [4.69, 9.17) is 11.6 Å². The average molecular weight is 295 g/mol. The van der Waals surface area contributed by atoms with Gasteiger partial charge in [-0.05, 0) is 42.2 Å². The van der Waals surface area contributed by atoms with Crippen LogP contribution in [0.2, 0.25) is 5.02 Å². The lowest BCUT2D eigenvalue weighted by atomic mass is 10.1. The van der Waals surface area contributed by atoms with E-state index in [2.05, 4.69) is 34.6 Å². The van der Waals surface area contributed by atoms with Gasteiger partial charge in [0, 0.05) is 16.6 Å². The van der Waals surface area contributed by atoms with Gasteiger partial charge in [-0.3, -0.25) is 4.98 Å². The highest BCUT2D eigenvalue weighted by Gasteiger charge is 2.22. The van der Waals surface area contributed by atoms with Crippen molar-refractivity contribution < 1.29 is 0 Å². The van der Waals surface area contributed by atoms with E-state index in [1.54, 1.807) is 0 Å². The number of pyridine rings is 1. The minimum Gasteiger partial charge on any atom is -0.376 e. The lowest BCUT2D eigenvalue weighted by molar-refractivity contribution is 0.763. The molecule has 2 aromatic carbocycles. The Morgan fingerprint density at radius 2 is 2.00 bits per heavy atom. The molecule has 2 nitrogen and oxygen atoms in total. The van der Waals surface area contributed by atoms with E-state index in [1.165, 1.54) is 11.1 Å². The molecule has 4 rings (SSSR count). The van der Waals surface area contributed by atoms with E-state index in [9.17, 15) is 0 Å². The van der Waals surface area contributed by atoms with Crippen LogP contribution in [0.3, 0.4) is 0 Å². The number of benzene rings is 2. The number of fused-ring (bicyclic) bond motifs is 2. The number of anilines is 1. The third-order valence-electron chi connectivity index (χ3n) is 4.13. The van der Waals surface area contributed by atoms with Crippen LogP contribution in [0.5, 0.6) is 0 Å². The standard InChI is InChI=1S/C18H15ClN2/c19-14-10-13-5-3-9-20-18(13)17(11-14)21-16-8-7-12-4-1-2-6-15(12)16/h1-6,9-11,16,21H,7-8H2. The normalized spacial score (nSPS) is 16.9. The molecule has 0 saturated carbocycles. The van der Waals surface area contributed by atoms with E-state index in [1.807, 2.05) is 30.5 Å². The summed E-state index contributed by atoms with van der Waals surface area (Å²) in [7, 11) is 0. The van der Waals surface area contributed by atoms with Gasteiger partial charge in [0.05, 0.1) is 17.2 Å². The minimum atomic E-state index is 0.338. The second-order valence-corrected chi connectivity index (χ2v) is 5.90. The Kier molecular flexibility index (Phi) is 3.04. The summed E-state index contributed by atoms with van der Waals surface area (Å²) in [5, 5.41) is 5.44. The third kappa shape index (κ3) is 2.26. The van der Waals surface area contributed by atoms with Gasteiger partial charge in [-0.1, -0.05) is 41.9 Å². The first kappa shape index (κ1) is 12.7. The quantitative estimate of drug-likeness (QED) is 0.720. The van der Waals surface area contributed by atoms with Crippen LogP contribution >= 0.6 is 11.6 Å². The Labute approximate surface area is 128 Å². The molecule has 104 valence electrons. The zero-order valence-electron chi connectivity index (χ0n) is 11.5. The molecular weight excluding hydrogens is 280 g/mol. The van der Waals surface area contributed by atoms with Gasteiger partial charge in [-0.15, -0.1) is 0 Å². The van der Waals surface area contributed by atoms with Crippen molar-refractivity contribution in [1.29, 1.82) is 0 Å². The highest BCUT2D eigenvalue weighted by atomic mass is 35.5. The van der Waals surface area contributed by atoms with Crippen LogP contribution in [-0.2, 0) is 6.42 Å². The van der Waals surface area contributed by atoms with E-state index < -0.39 is 0 Å². The second-order valence-electron chi connectivity index (χ2n) is 5.46. The van der Waals surface area contributed by atoms with Crippen LogP contribution in [0.4, 0.5) is 5.69 Å². The van der Waals surface area contributed by atoms with Crippen LogP contribution in [0.1, 0.15) is 23.6 Å². The van der Waals surface area contributed by atoms with Gasteiger partial charge >= 0.3 is 0 Å². The molecule has 1 aliphatic rings. The van der Waals surface area contributed by atoms with Crippen LogP contribution in [0.15, 0.2) is 54.7 Å². The van der Waals surface area contributed by atoms with Crippen LogP contribution in [0.25, 0.3) is 10.9 Å². The molecule has 3 heteroatoms. The van der Waals surface area contributed by atoms with Crippen molar-refractivity contribution in [1.82, 2.24) is 4.98 Å². The topological polar surface area (TPSA) is 24.9 Å². The molecule has 0 aliphatic heterocycles. The molecule has 1 aromatic heterocycles. The molecule has 0 radical (unpaired) electrons. The molecule has 1 N–H and O–H groups in total. The number of hydrogen-bond donors (Lipinski definition) is 1. The smallest absolute Gasteiger partial charge is 0.0934 e. The van der Waals surface area contributed by atoms with Gasteiger partial charge in [-0.2, -0.15) is 0 Å². The van der Waals surface area contributed by atoms with E-state index in [0.717, 1.165) is 34.5 Å². The Morgan fingerprint density at radius 1 is 1.10 bits per heavy atom. The fourth-order valence-electron chi connectivity index (χ4n) is 3.16. The first-order chi connectivity index (χ1) is 10.3. The molecular formula is C18H15ClN2. The monoisotopic (exact) mass is 294 g/mol. The van der Waals surface area contributed by atoms with Gasteiger partial charge in [0.1, 0.15) is 0 Å². The summed E-state index contributed by atoms with van der Waals surface area (Å²) in [6, 6.07) is 16.9. The van der Waals surface area contributed by atoms with Crippen molar-refractivity contribution >= 4 is 28.2 Å². The lowest BCUT2D eigenvalue weighted by Gasteiger charge is -2.17. The summed E-state index contributed by atoms with van der Waals surface area (Å²) < 4.78 is 0. The van der Waals surface area contributed by atoms with Crippen LogP contribution in [-0.4, -0.2) is 4.98 Å². The number of nitrogens with zero attached hydrogens (tertiary/aromatic N) is 1. The first-order valence-corrected chi connectivity index (χ1v) is 7.58. The number of halogens is 1. The summed E-state index contributed by atoms with van der Waals surface area (Å²) in [6.45, 7) is 0. The molecule has 0 spiro atoms. The van der Waals surface area contributed by atoms with Crippen molar-refractivity contribution in [2.24, 2.45) is 0 Å². The van der Waals surface area contributed by atoms with Gasteiger partial charge in [0.25, 0.3) is 0 Å². The summed E-state index contributed by atoms with van der Waals surface area (Å²) in [4.78, 5) is 4.50. The molecule has 1 heterocycles. The largest absolute Gasteiger partial charge is 0.376 e. The molecule has 0 bridgehead atoms. The average Bonchev–Trinajstić information content (AvgIpc) is 2.90. The number of nitrogens with one attached hydrogen (secondary N) is 1. The molecule has 0 saturated heterocycles. The van der Waals surface area contributed by atoms with Gasteiger partial charge in [-0.25, -0.2) is 0 Å². The fourth-order valence-corrected chi connectivity index (χ4v) is 3.39. The minimum absolute atomic E-state index is 0.338. The van der Waals surface area contributed by atoms with Gasteiger partial charge < -0.3 is 5.32 Å². The molecule has 21 heavy (non-hydrogen) atoms. The fraction of sp³-hybridized carbons (Fsp3) is 0.167. The van der Waals surface area contributed by atoms with Crippen molar-refractivity contribution in [3.63, 3.8) is 0 Å². The Morgan fingerprint density at radius 3 is 2.95 bits per heavy atom. The van der Waals surface area contributed by atoms with Gasteiger partial charge in [0.15, 0.2) is 0 Å². The third-order valence-corrected chi connectivity index (χ3v) is 4.35. The van der Waals surface area contributed by atoms with E-state index >= 15 is 0 Å². The lowest BCUT2D eigenvalue weighted by Crippen LogP contribution is -2.07. The number of hydrogen-bond acceptors (Lipinski definition) is 2. The molecule has 0 amide bonds. The Bertz CT molecular complexity index is 813. The number of aromatic nitrogens is 1. The summed E-state index contributed by atoms with van der Waals surface area (Å²) in [5.41, 5.74) is 4.82.